The van der Waals surface area contributed by atoms with Crippen LogP contribution in [0.15, 0.2) is 0 Å². The molecule has 0 aromatic heterocycles. The van der Waals surface area contributed by atoms with Crippen LogP contribution in [-0.4, -0.2) is 29.1 Å². The SMILES string of the molecule is CCSCC([O])CSCC. The second kappa shape index (κ2) is 7.76. The van der Waals surface area contributed by atoms with Gasteiger partial charge in [0.15, 0.2) is 0 Å². The zero-order valence-electron chi connectivity index (χ0n) is 6.63. The lowest BCUT2D eigenvalue weighted by molar-refractivity contribution is 0.130. The molecule has 0 aromatic rings. The Bertz CT molecular complexity index is 60.6. The van der Waals surface area contributed by atoms with Crippen molar-refractivity contribution in [2.45, 2.75) is 20.0 Å². The molecular formula is C7H15OS2. The van der Waals surface area contributed by atoms with E-state index in [9.17, 15) is 5.11 Å². The van der Waals surface area contributed by atoms with Crippen LogP contribution >= 0.6 is 23.5 Å². The molecule has 0 amide bonds. The van der Waals surface area contributed by atoms with Gasteiger partial charge in [-0.2, -0.15) is 23.5 Å². The smallest absolute Gasteiger partial charge is 0.111 e. The molecular weight excluding hydrogens is 164 g/mol. The van der Waals surface area contributed by atoms with E-state index in [4.69, 9.17) is 0 Å². The van der Waals surface area contributed by atoms with Gasteiger partial charge < -0.3 is 0 Å². The predicted octanol–water partition coefficient (Wildman–Crippen LogP) is 2.29. The third kappa shape index (κ3) is 6.78. The lowest BCUT2D eigenvalue weighted by atomic mass is 10.5. The van der Waals surface area contributed by atoms with Crippen LogP contribution in [0.4, 0.5) is 0 Å². The highest BCUT2D eigenvalue weighted by atomic mass is 32.2. The third-order valence-corrected chi connectivity index (χ3v) is 3.05. The molecule has 0 saturated heterocycles. The van der Waals surface area contributed by atoms with E-state index in [1.54, 1.807) is 23.5 Å². The zero-order chi connectivity index (χ0) is 7.82. The van der Waals surface area contributed by atoms with Gasteiger partial charge in [-0.05, 0) is 11.5 Å². The summed E-state index contributed by atoms with van der Waals surface area (Å²) in [5.74, 6) is 3.69. The monoisotopic (exact) mass is 179 g/mol. The summed E-state index contributed by atoms with van der Waals surface area (Å²) < 4.78 is 0. The molecule has 10 heavy (non-hydrogen) atoms. The van der Waals surface area contributed by atoms with Crippen molar-refractivity contribution in [3.63, 3.8) is 0 Å². The van der Waals surface area contributed by atoms with Gasteiger partial charge in [0.1, 0.15) is 6.10 Å². The average Bonchev–Trinajstić information content (AvgIpc) is 1.97. The fourth-order valence-electron chi connectivity index (χ4n) is 0.547. The molecule has 0 aliphatic carbocycles. The maximum atomic E-state index is 11.0. The van der Waals surface area contributed by atoms with Crippen LogP contribution in [0.3, 0.4) is 0 Å². The molecule has 0 N–H and O–H groups in total. The molecule has 3 heteroatoms. The van der Waals surface area contributed by atoms with Crippen molar-refractivity contribution in [1.29, 1.82) is 0 Å². The average molecular weight is 179 g/mol. The van der Waals surface area contributed by atoms with Crippen LogP contribution < -0.4 is 0 Å². The van der Waals surface area contributed by atoms with Crippen LogP contribution in [0.5, 0.6) is 0 Å². The van der Waals surface area contributed by atoms with Gasteiger partial charge in [0, 0.05) is 11.5 Å². The Labute approximate surface area is 72.0 Å². The summed E-state index contributed by atoms with van der Waals surface area (Å²) in [5.41, 5.74) is 0. The normalized spacial score (nSPS) is 10.8. The molecule has 0 rings (SSSR count). The standard InChI is InChI=1S/C7H15OS2/c1-3-9-5-7(8)6-10-4-2/h7H,3-6H2,1-2H3. The number of thioether (sulfide) groups is 2. The minimum absolute atomic E-state index is 0.352. The van der Waals surface area contributed by atoms with Gasteiger partial charge in [0.25, 0.3) is 0 Å². The van der Waals surface area contributed by atoms with E-state index < -0.39 is 0 Å². The maximum absolute atomic E-state index is 11.0. The van der Waals surface area contributed by atoms with Crippen LogP contribution in [0.1, 0.15) is 13.8 Å². The number of rotatable bonds is 6. The maximum Gasteiger partial charge on any atom is 0.111 e. The highest BCUT2D eigenvalue weighted by Crippen LogP contribution is 2.08. The molecule has 0 aliphatic rings. The Morgan fingerprint density at radius 2 is 1.50 bits per heavy atom. The van der Waals surface area contributed by atoms with Gasteiger partial charge >= 0.3 is 0 Å². The van der Waals surface area contributed by atoms with Gasteiger partial charge in [-0.15, -0.1) is 0 Å². The summed E-state index contributed by atoms with van der Waals surface area (Å²) in [6.07, 6.45) is -0.352. The molecule has 0 aliphatic heterocycles. The van der Waals surface area contributed by atoms with Gasteiger partial charge in [-0.1, -0.05) is 13.8 Å². The van der Waals surface area contributed by atoms with E-state index in [1.165, 1.54) is 0 Å². The van der Waals surface area contributed by atoms with Crippen molar-refractivity contribution in [3.8, 4) is 0 Å². The third-order valence-electron chi connectivity index (χ3n) is 1.02. The summed E-state index contributed by atoms with van der Waals surface area (Å²) >= 11 is 3.48. The van der Waals surface area contributed by atoms with Crippen LogP contribution in [0.25, 0.3) is 0 Å². The second-order valence-corrected chi connectivity index (χ2v) is 4.58. The summed E-state index contributed by atoms with van der Waals surface area (Å²) in [4.78, 5) is 0. The van der Waals surface area contributed by atoms with Gasteiger partial charge in [-0.25, -0.2) is 5.11 Å². The van der Waals surface area contributed by atoms with Gasteiger partial charge in [0.05, 0.1) is 0 Å². The molecule has 61 valence electrons. The number of hydrogen-bond donors (Lipinski definition) is 0. The Kier molecular flexibility index (Phi) is 8.28. The highest BCUT2D eigenvalue weighted by molar-refractivity contribution is 8.00. The topological polar surface area (TPSA) is 19.9 Å². The molecule has 0 fully saturated rings. The van der Waals surface area contributed by atoms with E-state index in [1.807, 2.05) is 0 Å². The van der Waals surface area contributed by atoms with Crippen molar-refractivity contribution in [3.05, 3.63) is 0 Å². The minimum atomic E-state index is -0.352. The summed E-state index contributed by atoms with van der Waals surface area (Å²) in [6, 6.07) is 0. The second-order valence-electron chi connectivity index (χ2n) is 1.94. The molecule has 0 aromatic carbocycles. The lowest BCUT2D eigenvalue weighted by Gasteiger charge is -2.04. The Morgan fingerprint density at radius 1 is 1.10 bits per heavy atom. The summed E-state index contributed by atoms with van der Waals surface area (Å²) in [6.45, 7) is 4.18. The molecule has 0 atom stereocenters. The van der Waals surface area contributed by atoms with E-state index in [0.29, 0.717) is 0 Å². The molecule has 0 saturated carbocycles. The van der Waals surface area contributed by atoms with Crippen LogP contribution in [-0.2, 0) is 5.11 Å². The molecule has 0 heterocycles. The highest BCUT2D eigenvalue weighted by Gasteiger charge is 2.03. The molecule has 0 spiro atoms. The van der Waals surface area contributed by atoms with Crippen molar-refractivity contribution >= 4 is 23.5 Å². The predicted molar refractivity (Wildman–Crippen MR) is 50.5 cm³/mol. The van der Waals surface area contributed by atoms with E-state index in [-0.39, 0.29) is 6.10 Å². The zero-order valence-corrected chi connectivity index (χ0v) is 8.26. The van der Waals surface area contributed by atoms with Gasteiger partial charge in [0.2, 0.25) is 0 Å². The first-order valence-corrected chi connectivity index (χ1v) is 5.93. The molecule has 1 radical (unpaired) electrons. The number of hydrogen-bond acceptors (Lipinski definition) is 2. The Balaban J connectivity index is 3.00. The first-order valence-electron chi connectivity index (χ1n) is 3.62. The van der Waals surface area contributed by atoms with E-state index >= 15 is 0 Å². The first-order chi connectivity index (χ1) is 4.81. The van der Waals surface area contributed by atoms with Crippen LogP contribution in [0.2, 0.25) is 0 Å². The molecule has 1 nitrogen and oxygen atoms in total. The van der Waals surface area contributed by atoms with Crippen molar-refractivity contribution in [2.75, 3.05) is 23.0 Å². The van der Waals surface area contributed by atoms with Gasteiger partial charge in [-0.3, -0.25) is 0 Å². The quantitative estimate of drug-likeness (QED) is 0.623. The van der Waals surface area contributed by atoms with Crippen molar-refractivity contribution in [2.24, 2.45) is 0 Å². The first kappa shape index (κ1) is 10.7. The largest absolute Gasteiger partial charge is 0.231 e. The fraction of sp³-hybridized carbons (Fsp3) is 1.00. The minimum Gasteiger partial charge on any atom is -0.231 e. The summed E-state index contributed by atoms with van der Waals surface area (Å²) in [7, 11) is 0. The summed E-state index contributed by atoms with van der Waals surface area (Å²) in [5, 5.41) is 11.0. The molecule has 0 bridgehead atoms. The Morgan fingerprint density at radius 3 is 1.80 bits per heavy atom. The Hall–Kier alpha value is 0.660. The van der Waals surface area contributed by atoms with Crippen molar-refractivity contribution in [1.82, 2.24) is 0 Å². The van der Waals surface area contributed by atoms with E-state index in [0.717, 1.165) is 23.0 Å². The fourth-order valence-corrected chi connectivity index (χ4v) is 1.93. The lowest BCUT2D eigenvalue weighted by Crippen LogP contribution is -2.11. The van der Waals surface area contributed by atoms with E-state index in [2.05, 4.69) is 13.8 Å². The molecule has 0 unspecified atom stereocenters. The van der Waals surface area contributed by atoms with Crippen LogP contribution in [0, 0.1) is 0 Å². The van der Waals surface area contributed by atoms with Crippen molar-refractivity contribution < 1.29 is 5.11 Å².